The highest BCUT2D eigenvalue weighted by Crippen LogP contribution is 2.36. The largest absolute Gasteiger partial charge is 0.495 e. The molecule has 7 heteroatoms. The number of nitrogens with zero attached hydrogens (tertiary/aromatic N) is 2. The summed E-state index contributed by atoms with van der Waals surface area (Å²) in [7, 11) is 3.13. The van der Waals surface area contributed by atoms with E-state index in [9.17, 15) is 0 Å². The first-order valence-corrected chi connectivity index (χ1v) is 5.97. The summed E-state index contributed by atoms with van der Waals surface area (Å²) in [5.74, 6) is 1.19. The molecule has 1 N–H and O–H groups in total. The Balaban J connectivity index is 2.20. The molecule has 0 saturated heterocycles. The van der Waals surface area contributed by atoms with Crippen molar-refractivity contribution >= 4 is 17.3 Å². The average Bonchev–Trinajstić information content (AvgIpc) is 2.82. The highest BCUT2D eigenvalue weighted by atomic mass is 35.5. The van der Waals surface area contributed by atoms with Crippen LogP contribution in [0.4, 0.5) is 5.69 Å². The van der Waals surface area contributed by atoms with Crippen molar-refractivity contribution in [2.24, 2.45) is 0 Å². The first-order valence-electron chi connectivity index (χ1n) is 5.59. The maximum atomic E-state index is 6.08. The molecule has 2 rings (SSSR count). The van der Waals surface area contributed by atoms with E-state index in [4.69, 9.17) is 21.1 Å². The second kappa shape index (κ2) is 5.79. The van der Waals surface area contributed by atoms with Gasteiger partial charge in [-0.15, -0.1) is 0 Å². The van der Waals surface area contributed by atoms with Crippen molar-refractivity contribution in [2.75, 3.05) is 19.5 Å². The van der Waals surface area contributed by atoms with Crippen LogP contribution in [0.3, 0.4) is 0 Å². The number of hydrogen-bond donors (Lipinski definition) is 1. The van der Waals surface area contributed by atoms with Crippen molar-refractivity contribution in [3.63, 3.8) is 0 Å². The fraction of sp³-hybridized carbons (Fsp3) is 0.333. The lowest BCUT2D eigenvalue weighted by Crippen LogP contribution is -2.03. The van der Waals surface area contributed by atoms with Crippen LogP contribution in [0.15, 0.2) is 16.8 Å². The average molecular weight is 284 g/mol. The maximum Gasteiger partial charge on any atom is 0.145 e. The van der Waals surface area contributed by atoms with Crippen LogP contribution >= 0.6 is 11.6 Å². The van der Waals surface area contributed by atoms with Gasteiger partial charge in [-0.1, -0.05) is 21.9 Å². The summed E-state index contributed by atoms with van der Waals surface area (Å²) in [6.07, 6.45) is 0. The topological polar surface area (TPSA) is 69.4 Å². The van der Waals surface area contributed by atoms with Gasteiger partial charge in [0.05, 0.1) is 31.5 Å². The van der Waals surface area contributed by atoms with Crippen molar-refractivity contribution in [2.45, 2.75) is 13.5 Å². The molecular weight excluding hydrogens is 270 g/mol. The maximum absolute atomic E-state index is 6.08. The summed E-state index contributed by atoms with van der Waals surface area (Å²) >= 11 is 6.08. The number of methoxy groups -OCH3 is 2. The van der Waals surface area contributed by atoms with Crippen molar-refractivity contribution in [3.8, 4) is 11.5 Å². The van der Waals surface area contributed by atoms with Crippen LogP contribution in [0.1, 0.15) is 11.4 Å². The number of hydrogen-bond acceptors (Lipinski definition) is 6. The Kier molecular flexibility index (Phi) is 4.11. The van der Waals surface area contributed by atoms with Crippen LogP contribution in [-0.4, -0.2) is 24.5 Å². The monoisotopic (exact) mass is 283 g/mol. The van der Waals surface area contributed by atoms with Gasteiger partial charge in [0.15, 0.2) is 0 Å². The quantitative estimate of drug-likeness (QED) is 0.910. The molecule has 0 radical (unpaired) electrons. The van der Waals surface area contributed by atoms with E-state index in [1.807, 2.05) is 6.92 Å². The molecule has 0 spiro atoms. The molecule has 19 heavy (non-hydrogen) atoms. The Morgan fingerprint density at radius 3 is 2.53 bits per heavy atom. The Bertz CT molecular complexity index is 571. The van der Waals surface area contributed by atoms with E-state index in [1.54, 1.807) is 26.4 Å². The zero-order chi connectivity index (χ0) is 13.8. The minimum absolute atomic E-state index is 0.467. The van der Waals surface area contributed by atoms with Crippen LogP contribution in [0.2, 0.25) is 5.02 Å². The normalized spacial score (nSPS) is 10.3. The molecule has 0 aliphatic carbocycles. The van der Waals surface area contributed by atoms with Crippen molar-refractivity contribution in [3.05, 3.63) is 28.5 Å². The molecule has 102 valence electrons. The van der Waals surface area contributed by atoms with E-state index in [0.29, 0.717) is 23.1 Å². The predicted molar refractivity (Wildman–Crippen MR) is 70.9 cm³/mol. The highest BCUT2D eigenvalue weighted by Gasteiger charge is 2.11. The number of benzene rings is 1. The molecule has 0 aliphatic heterocycles. The van der Waals surface area contributed by atoms with Crippen molar-refractivity contribution < 1.29 is 14.1 Å². The van der Waals surface area contributed by atoms with Gasteiger partial charge in [-0.3, -0.25) is 0 Å². The van der Waals surface area contributed by atoms with E-state index in [2.05, 4.69) is 20.3 Å². The van der Waals surface area contributed by atoms with Crippen LogP contribution < -0.4 is 14.8 Å². The number of aryl methyl sites for hydroxylation is 1. The van der Waals surface area contributed by atoms with E-state index in [1.165, 1.54) is 0 Å². The van der Waals surface area contributed by atoms with E-state index >= 15 is 0 Å². The third-order valence-electron chi connectivity index (χ3n) is 2.67. The first kappa shape index (κ1) is 13.5. The number of anilines is 1. The van der Waals surface area contributed by atoms with Gasteiger partial charge in [0.2, 0.25) is 0 Å². The molecule has 1 aromatic heterocycles. The zero-order valence-corrected chi connectivity index (χ0v) is 11.6. The standard InChI is InChI=1S/C12H14ClN3O3/c1-7-10(16-19-15-7)6-14-9-4-8(13)11(17-2)5-12(9)18-3/h4-5,14H,6H2,1-3H3. The van der Waals surface area contributed by atoms with Gasteiger partial charge >= 0.3 is 0 Å². The van der Waals surface area contributed by atoms with Gasteiger partial charge in [0, 0.05) is 6.07 Å². The molecule has 1 aromatic carbocycles. The number of rotatable bonds is 5. The molecule has 0 bridgehead atoms. The van der Waals surface area contributed by atoms with Gasteiger partial charge < -0.3 is 14.8 Å². The summed E-state index contributed by atoms with van der Waals surface area (Å²) in [5.41, 5.74) is 2.22. The number of halogens is 1. The molecule has 1 heterocycles. The zero-order valence-electron chi connectivity index (χ0n) is 10.9. The van der Waals surface area contributed by atoms with Crippen LogP contribution in [-0.2, 0) is 6.54 Å². The summed E-state index contributed by atoms with van der Waals surface area (Å²) in [6.45, 7) is 2.29. The van der Waals surface area contributed by atoms with Gasteiger partial charge in [0.25, 0.3) is 0 Å². The van der Waals surface area contributed by atoms with Crippen LogP contribution in [0.25, 0.3) is 0 Å². The Hall–Kier alpha value is -1.95. The first-order chi connectivity index (χ1) is 9.15. The fourth-order valence-electron chi connectivity index (χ4n) is 1.59. The Labute approximate surface area is 115 Å². The Morgan fingerprint density at radius 1 is 1.21 bits per heavy atom. The lowest BCUT2D eigenvalue weighted by atomic mass is 10.2. The number of nitrogens with one attached hydrogen (secondary N) is 1. The smallest absolute Gasteiger partial charge is 0.145 e. The molecule has 0 aliphatic rings. The molecule has 6 nitrogen and oxygen atoms in total. The molecule has 2 aromatic rings. The van der Waals surface area contributed by atoms with E-state index in [-0.39, 0.29) is 0 Å². The highest BCUT2D eigenvalue weighted by molar-refractivity contribution is 6.32. The number of aromatic nitrogens is 2. The van der Waals surface area contributed by atoms with Gasteiger partial charge in [-0.2, -0.15) is 0 Å². The summed E-state index contributed by atoms with van der Waals surface area (Å²) in [4.78, 5) is 0. The van der Waals surface area contributed by atoms with E-state index < -0.39 is 0 Å². The van der Waals surface area contributed by atoms with Crippen LogP contribution in [0, 0.1) is 6.92 Å². The second-order valence-electron chi connectivity index (χ2n) is 3.84. The van der Waals surface area contributed by atoms with Gasteiger partial charge in [0.1, 0.15) is 22.9 Å². The molecule has 0 fully saturated rings. The third kappa shape index (κ3) is 2.90. The number of ether oxygens (including phenoxy) is 2. The minimum Gasteiger partial charge on any atom is -0.495 e. The molecule has 0 amide bonds. The summed E-state index contributed by atoms with van der Waals surface area (Å²) < 4.78 is 15.1. The summed E-state index contributed by atoms with van der Waals surface area (Å²) in [5, 5.41) is 11.2. The van der Waals surface area contributed by atoms with Gasteiger partial charge in [-0.05, 0) is 13.0 Å². The molecule has 0 atom stereocenters. The molecular formula is C12H14ClN3O3. The third-order valence-corrected chi connectivity index (χ3v) is 2.96. The molecule has 0 unspecified atom stereocenters. The van der Waals surface area contributed by atoms with Gasteiger partial charge in [-0.25, -0.2) is 4.63 Å². The summed E-state index contributed by atoms with van der Waals surface area (Å²) in [6, 6.07) is 3.46. The lowest BCUT2D eigenvalue weighted by molar-refractivity contribution is 0.301. The van der Waals surface area contributed by atoms with Crippen molar-refractivity contribution in [1.82, 2.24) is 10.3 Å². The lowest BCUT2D eigenvalue weighted by Gasteiger charge is -2.13. The second-order valence-corrected chi connectivity index (χ2v) is 4.24. The fourth-order valence-corrected chi connectivity index (χ4v) is 1.83. The van der Waals surface area contributed by atoms with Crippen LogP contribution in [0.5, 0.6) is 11.5 Å². The van der Waals surface area contributed by atoms with Crippen molar-refractivity contribution in [1.29, 1.82) is 0 Å². The predicted octanol–water partition coefficient (Wildman–Crippen LogP) is 2.66. The molecule has 0 saturated carbocycles. The minimum atomic E-state index is 0.467. The Morgan fingerprint density at radius 2 is 1.95 bits per heavy atom. The SMILES string of the molecule is COc1cc(OC)c(NCc2nonc2C)cc1Cl. The van der Waals surface area contributed by atoms with E-state index in [0.717, 1.165) is 17.1 Å².